The smallest absolute Gasteiger partial charge is 0.150 e. The van der Waals surface area contributed by atoms with Crippen molar-refractivity contribution in [2.45, 2.75) is 39.7 Å². The molecule has 0 saturated heterocycles. The molecule has 0 radical (unpaired) electrons. The quantitative estimate of drug-likeness (QED) is 0.849. The summed E-state index contributed by atoms with van der Waals surface area (Å²) >= 11 is 0. The van der Waals surface area contributed by atoms with Gasteiger partial charge < -0.3 is 10.2 Å². The Morgan fingerprint density at radius 3 is 2.81 bits per heavy atom. The summed E-state index contributed by atoms with van der Waals surface area (Å²) < 4.78 is 2.02. The van der Waals surface area contributed by atoms with Gasteiger partial charge in [0.25, 0.3) is 0 Å². The third-order valence-electron chi connectivity index (χ3n) is 3.13. The third-order valence-corrected chi connectivity index (χ3v) is 3.13. The summed E-state index contributed by atoms with van der Waals surface area (Å²) in [7, 11) is 2.04. The maximum Gasteiger partial charge on any atom is 0.150 e. The number of nitrogens with one attached hydrogen (secondary N) is 1. The molecule has 16 heavy (non-hydrogen) atoms. The highest BCUT2D eigenvalue weighted by atomic mass is 15.4. The van der Waals surface area contributed by atoms with E-state index in [1.807, 2.05) is 11.7 Å². The molecule has 0 spiro atoms. The summed E-state index contributed by atoms with van der Waals surface area (Å²) in [6, 6.07) is 0.533. The molecule has 0 unspecified atom stereocenters. The molecule has 4 nitrogen and oxygen atoms in total. The second kappa shape index (κ2) is 4.36. The highest BCUT2D eigenvalue weighted by Gasteiger charge is 2.25. The van der Waals surface area contributed by atoms with Crippen molar-refractivity contribution >= 4 is 11.5 Å². The van der Waals surface area contributed by atoms with Gasteiger partial charge in [-0.15, -0.1) is 0 Å². The van der Waals surface area contributed by atoms with E-state index in [1.54, 1.807) is 0 Å². The molecule has 0 amide bonds. The Balaban J connectivity index is 2.40. The van der Waals surface area contributed by atoms with Gasteiger partial charge in [0.1, 0.15) is 5.69 Å². The number of anilines is 2. The second-order valence-corrected chi connectivity index (χ2v) is 4.73. The van der Waals surface area contributed by atoms with E-state index in [0.717, 1.165) is 25.9 Å². The van der Waals surface area contributed by atoms with Gasteiger partial charge in [-0.25, -0.2) is 0 Å². The van der Waals surface area contributed by atoms with Crippen molar-refractivity contribution in [1.82, 2.24) is 9.78 Å². The molecule has 90 valence electrons. The molecule has 1 aliphatic heterocycles. The van der Waals surface area contributed by atoms with Gasteiger partial charge in [0.05, 0.1) is 5.69 Å². The lowest BCUT2D eigenvalue weighted by atomic mass is 10.2. The maximum atomic E-state index is 4.63. The topological polar surface area (TPSA) is 33.1 Å². The Labute approximate surface area is 97.6 Å². The minimum atomic E-state index is 0.533. The van der Waals surface area contributed by atoms with Gasteiger partial charge in [-0.3, -0.25) is 4.68 Å². The largest absolute Gasteiger partial charge is 0.379 e. The summed E-state index contributed by atoms with van der Waals surface area (Å²) in [6.45, 7) is 8.76. The number of fused-ring (bicyclic) bond motifs is 1. The molecular weight excluding hydrogens is 200 g/mol. The summed E-state index contributed by atoms with van der Waals surface area (Å²) in [4.78, 5) is 2.43. The Bertz CT molecular complexity index is 367. The van der Waals surface area contributed by atoms with Crippen LogP contribution in [0.1, 0.15) is 32.9 Å². The van der Waals surface area contributed by atoms with Crippen LogP contribution in [0.3, 0.4) is 0 Å². The Hall–Kier alpha value is -1.19. The molecule has 4 heteroatoms. The Kier molecular flexibility index (Phi) is 3.08. The summed E-state index contributed by atoms with van der Waals surface area (Å²) in [6.07, 6.45) is 2.20. The molecular formula is C12H22N4. The molecule has 0 aliphatic carbocycles. The fourth-order valence-corrected chi connectivity index (χ4v) is 2.40. The minimum Gasteiger partial charge on any atom is -0.379 e. The fraction of sp³-hybridized carbons (Fsp3) is 0.750. The lowest BCUT2D eigenvalue weighted by Gasteiger charge is -2.33. The van der Waals surface area contributed by atoms with Gasteiger partial charge in [0.15, 0.2) is 5.82 Å². The van der Waals surface area contributed by atoms with Crippen LogP contribution in [-0.2, 0) is 13.5 Å². The highest BCUT2D eigenvalue weighted by molar-refractivity contribution is 5.71. The average Bonchev–Trinajstić information content (AvgIpc) is 2.57. The molecule has 2 heterocycles. The molecule has 0 bridgehead atoms. The van der Waals surface area contributed by atoms with E-state index in [9.17, 15) is 0 Å². The molecule has 0 atom stereocenters. The van der Waals surface area contributed by atoms with Crippen LogP contribution in [0.2, 0.25) is 0 Å². The summed E-state index contributed by atoms with van der Waals surface area (Å²) in [5, 5.41) is 8.12. The van der Waals surface area contributed by atoms with Gasteiger partial charge in [-0.1, -0.05) is 13.3 Å². The molecule has 0 aromatic carbocycles. The van der Waals surface area contributed by atoms with Crippen LogP contribution >= 0.6 is 0 Å². The zero-order chi connectivity index (χ0) is 11.7. The fourth-order valence-electron chi connectivity index (χ4n) is 2.40. The predicted molar refractivity (Wildman–Crippen MR) is 68.2 cm³/mol. The number of hydrogen-bond donors (Lipinski definition) is 1. The highest BCUT2D eigenvalue weighted by Crippen LogP contribution is 2.33. The van der Waals surface area contributed by atoms with Crippen LogP contribution in [0.15, 0.2) is 0 Å². The predicted octanol–water partition coefficient (Wildman–Crippen LogP) is 2.01. The van der Waals surface area contributed by atoms with Gasteiger partial charge >= 0.3 is 0 Å². The lowest BCUT2D eigenvalue weighted by Crippen LogP contribution is -2.39. The standard InChI is InChI=1S/C12H22N4/c1-5-6-10-11-12(15(4)14-10)16(9(2)3)8-7-13-11/h9,13H,5-8H2,1-4H3. The summed E-state index contributed by atoms with van der Waals surface area (Å²) in [5.41, 5.74) is 2.47. The number of hydrogen-bond acceptors (Lipinski definition) is 3. The normalized spacial score (nSPS) is 15.2. The molecule has 0 saturated carbocycles. The van der Waals surface area contributed by atoms with Crippen molar-refractivity contribution in [1.29, 1.82) is 0 Å². The third kappa shape index (κ3) is 1.77. The zero-order valence-corrected chi connectivity index (χ0v) is 10.7. The van der Waals surface area contributed by atoms with E-state index < -0.39 is 0 Å². The first-order chi connectivity index (χ1) is 7.65. The van der Waals surface area contributed by atoms with Crippen molar-refractivity contribution in [2.24, 2.45) is 7.05 Å². The number of aromatic nitrogens is 2. The molecule has 2 rings (SSSR count). The van der Waals surface area contributed by atoms with Crippen LogP contribution in [0.25, 0.3) is 0 Å². The number of aryl methyl sites for hydroxylation is 2. The summed E-state index contributed by atoms with van der Waals surface area (Å²) in [5.74, 6) is 1.25. The van der Waals surface area contributed by atoms with Crippen LogP contribution in [0.5, 0.6) is 0 Å². The number of nitrogens with zero attached hydrogens (tertiary/aromatic N) is 3. The second-order valence-electron chi connectivity index (χ2n) is 4.73. The van der Waals surface area contributed by atoms with Gasteiger partial charge in [-0.05, 0) is 20.3 Å². The molecule has 1 aromatic heterocycles. The van der Waals surface area contributed by atoms with E-state index in [2.05, 4.69) is 36.1 Å². The van der Waals surface area contributed by atoms with E-state index in [4.69, 9.17) is 0 Å². The lowest BCUT2D eigenvalue weighted by molar-refractivity contribution is 0.634. The van der Waals surface area contributed by atoms with E-state index in [-0.39, 0.29) is 0 Å². The van der Waals surface area contributed by atoms with Crippen LogP contribution in [0, 0.1) is 0 Å². The van der Waals surface area contributed by atoms with Gasteiger partial charge in [0.2, 0.25) is 0 Å². The molecule has 1 aromatic rings. The van der Waals surface area contributed by atoms with Gasteiger partial charge in [0, 0.05) is 26.2 Å². The van der Waals surface area contributed by atoms with E-state index >= 15 is 0 Å². The first-order valence-corrected chi connectivity index (χ1v) is 6.21. The monoisotopic (exact) mass is 222 g/mol. The Morgan fingerprint density at radius 2 is 2.19 bits per heavy atom. The van der Waals surface area contributed by atoms with Crippen molar-refractivity contribution in [3.05, 3.63) is 5.69 Å². The SMILES string of the molecule is CCCc1nn(C)c2c1NCCN2C(C)C. The van der Waals surface area contributed by atoms with E-state index in [1.165, 1.54) is 17.2 Å². The van der Waals surface area contributed by atoms with Crippen molar-refractivity contribution < 1.29 is 0 Å². The van der Waals surface area contributed by atoms with Crippen LogP contribution in [0.4, 0.5) is 11.5 Å². The maximum absolute atomic E-state index is 4.63. The molecule has 0 fully saturated rings. The zero-order valence-electron chi connectivity index (χ0n) is 10.7. The molecule has 1 N–H and O–H groups in total. The van der Waals surface area contributed by atoms with Crippen LogP contribution < -0.4 is 10.2 Å². The van der Waals surface area contributed by atoms with Gasteiger partial charge in [-0.2, -0.15) is 5.10 Å². The molecule has 1 aliphatic rings. The van der Waals surface area contributed by atoms with Crippen molar-refractivity contribution in [3.63, 3.8) is 0 Å². The minimum absolute atomic E-state index is 0.533. The van der Waals surface area contributed by atoms with Crippen molar-refractivity contribution in [2.75, 3.05) is 23.3 Å². The first-order valence-electron chi connectivity index (χ1n) is 6.21. The average molecular weight is 222 g/mol. The van der Waals surface area contributed by atoms with Crippen LogP contribution in [-0.4, -0.2) is 28.9 Å². The number of rotatable bonds is 3. The first kappa shape index (κ1) is 11.3. The Morgan fingerprint density at radius 1 is 1.44 bits per heavy atom. The van der Waals surface area contributed by atoms with Crippen molar-refractivity contribution in [3.8, 4) is 0 Å². The van der Waals surface area contributed by atoms with E-state index in [0.29, 0.717) is 6.04 Å².